The molecule has 1 aromatic heterocycles. The van der Waals surface area contributed by atoms with Gasteiger partial charge in [-0.25, -0.2) is 4.98 Å². The summed E-state index contributed by atoms with van der Waals surface area (Å²) in [6, 6.07) is 5.63. The van der Waals surface area contributed by atoms with Crippen LogP contribution in [0.3, 0.4) is 0 Å². The molecule has 0 amide bonds. The Kier molecular flexibility index (Phi) is 4.84. The minimum atomic E-state index is 0.322. The van der Waals surface area contributed by atoms with E-state index in [-0.39, 0.29) is 0 Å². The summed E-state index contributed by atoms with van der Waals surface area (Å²) in [7, 11) is 0. The van der Waals surface area contributed by atoms with E-state index in [0.717, 1.165) is 36.0 Å². The summed E-state index contributed by atoms with van der Waals surface area (Å²) in [6.07, 6.45) is 1.92. The molecule has 1 heterocycles. The number of aryl methyl sites for hydroxylation is 1. The van der Waals surface area contributed by atoms with E-state index in [9.17, 15) is 5.11 Å². The quantitative estimate of drug-likeness (QED) is 0.853. The summed E-state index contributed by atoms with van der Waals surface area (Å²) in [5, 5.41) is 14.1. The second-order valence-electron chi connectivity index (χ2n) is 4.64. The predicted molar refractivity (Wildman–Crippen MR) is 85.8 cm³/mol. The summed E-state index contributed by atoms with van der Waals surface area (Å²) in [4.78, 5) is 7.89. The molecule has 2 rings (SSSR count). The molecule has 0 atom stereocenters. The van der Waals surface area contributed by atoms with E-state index in [1.807, 2.05) is 25.3 Å². The van der Waals surface area contributed by atoms with Crippen LogP contribution in [0, 0.1) is 6.92 Å². The Bertz CT molecular complexity index is 564. The van der Waals surface area contributed by atoms with E-state index >= 15 is 0 Å². The first-order valence-electron chi connectivity index (χ1n) is 6.87. The van der Waals surface area contributed by atoms with Gasteiger partial charge in [-0.05, 0) is 32.4 Å². The molecule has 0 fully saturated rings. The first-order chi connectivity index (χ1) is 9.63. The van der Waals surface area contributed by atoms with Crippen LogP contribution in [-0.2, 0) is 6.54 Å². The molecule has 0 saturated carbocycles. The Morgan fingerprint density at radius 3 is 2.70 bits per heavy atom. The predicted octanol–water partition coefficient (Wildman–Crippen LogP) is 3.62. The van der Waals surface area contributed by atoms with Crippen molar-refractivity contribution in [1.29, 1.82) is 0 Å². The highest BCUT2D eigenvalue weighted by atomic mass is 32.1. The van der Waals surface area contributed by atoms with Crippen LogP contribution < -0.4 is 10.2 Å². The fourth-order valence-corrected chi connectivity index (χ4v) is 2.90. The van der Waals surface area contributed by atoms with Crippen molar-refractivity contribution in [3.63, 3.8) is 0 Å². The molecule has 108 valence electrons. The Hall–Kier alpha value is -1.75. The van der Waals surface area contributed by atoms with Crippen molar-refractivity contribution in [2.75, 3.05) is 23.3 Å². The summed E-state index contributed by atoms with van der Waals surface area (Å²) in [5.74, 6) is 0.322. The van der Waals surface area contributed by atoms with Crippen LogP contribution in [0.2, 0.25) is 0 Å². The van der Waals surface area contributed by atoms with Gasteiger partial charge in [-0.3, -0.25) is 0 Å². The third-order valence-corrected chi connectivity index (χ3v) is 4.31. The van der Waals surface area contributed by atoms with E-state index in [2.05, 4.69) is 29.0 Å². The molecule has 20 heavy (non-hydrogen) atoms. The van der Waals surface area contributed by atoms with Gasteiger partial charge in [-0.2, -0.15) is 0 Å². The van der Waals surface area contributed by atoms with Crippen molar-refractivity contribution in [2.45, 2.75) is 27.3 Å². The van der Waals surface area contributed by atoms with Crippen LogP contribution in [0.25, 0.3) is 0 Å². The summed E-state index contributed by atoms with van der Waals surface area (Å²) in [6.45, 7) is 8.83. The van der Waals surface area contributed by atoms with Gasteiger partial charge in [-0.1, -0.05) is 6.07 Å². The monoisotopic (exact) mass is 291 g/mol. The zero-order valence-electron chi connectivity index (χ0n) is 12.2. The first kappa shape index (κ1) is 14.7. The van der Waals surface area contributed by atoms with Gasteiger partial charge < -0.3 is 15.3 Å². The highest BCUT2D eigenvalue weighted by Crippen LogP contribution is 2.25. The van der Waals surface area contributed by atoms with Gasteiger partial charge >= 0.3 is 0 Å². The van der Waals surface area contributed by atoms with Gasteiger partial charge in [0, 0.05) is 35.9 Å². The second-order valence-corrected chi connectivity index (χ2v) is 5.73. The van der Waals surface area contributed by atoms with E-state index in [1.165, 1.54) is 4.88 Å². The topological polar surface area (TPSA) is 48.4 Å². The van der Waals surface area contributed by atoms with Crippen molar-refractivity contribution >= 4 is 22.2 Å². The number of benzene rings is 1. The lowest BCUT2D eigenvalue weighted by Crippen LogP contribution is -2.21. The number of phenols is 1. The number of hydrogen-bond acceptors (Lipinski definition) is 5. The van der Waals surface area contributed by atoms with E-state index in [1.54, 1.807) is 17.4 Å². The standard InChI is InChI=1S/C15H21N3OS/c1-4-18(5-2)15-17-10-13(20-15)9-16-12-7-6-11(3)14(19)8-12/h6-8,10,16,19H,4-5,9H2,1-3H3. The molecular formula is C15H21N3OS. The minimum Gasteiger partial charge on any atom is -0.508 e. The molecule has 1 aromatic carbocycles. The number of anilines is 2. The number of thiazole rings is 1. The van der Waals surface area contributed by atoms with Gasteiger partial charge in [0.15, 0.2) is 5.13 Å². The van der Waals surface area contributed by atoms with Crippen molar-refractivity contribution in [3.05, 3.63) is 34.8 Å². The van der Waals surface area contributed by atoms with E-state index in [4.69, 9.17) is 0 Å². The maximum absolute atomic E-state index is 9.68. The van der Waals surface area contributed by atoms with Crippen molar-refractivity contribution in [2.24, 2.45) is 0 Å². The first-order valence-corrected chi connectivity index (χ1v) is 7.68. The molecule has 0 aliphatic heterocycles. The van der Waals surface area contributed by atoms with Gasteiger partial charge in [0.05, 0.1) is 6.54 Å². The number of hydrogen-bond donors (Lipinski definition) is 2. The normalized spacial score (nSPS) is 10.6. The van der Waals surface area contributed by atoms with Crippen LogP contribution in [-0.4, -0.2) is 23.2 Å². The molecule has 4 nitrogen and oxygen atoms in total. The number of aromatic hydroxyl groups is 1. The minimum absolute atomic E-state index is 0.322. The lowest BCUT2D eigenvalue weighted by atomic mass is 10.2. The fourth-order valence-electron chi connectivity index (χ4n) is 1.93. The SMILES string of the molecule is CCN(CC)c1ncc(CNc2ccc(C)c(O)c2)s1. The molecule has 0 radical (unpaired) electrons. The van der Waals surface area contributed by atoms with Crippen molar-refractivity contribution < 1.29 is 5.11 Å². The largest absolute Gasteiger partial charge is 0.508 e. The summed E-state index contributed by atoms with van der Waals surface area (Å²) in [5.41, 5.74) is 1.81. The fraction of sp³-hybridized carbons (Fsp3) is 0.400. The lowest BCUT2D eigenvalue weighted by molar-refractivity contribution is 0.471. The molecular weight excluding hydrogens is 270 g/mol. The number of rotatable bonds is 6. The van der Waals surface area contributed by atoms with Crippen molar-refractivity contribution in [3.8, 4) is 5.75 Å². The maximum Gasteiger partial charge on any atom is 0.185 e. The Labute approximate surface area is 124 Å². The molecule has 0 unspecified atom stereocenters. The second kappa shape index (κ2) is 6.61. The van der Waals surface area contributed by atoms with Crippen LogP contribution in [0.15, 0.2) is 24.4 Å². The number of phenolic OH excluding ortho intramolecular Hbond substituents is 1. The highest BCUT2D eigenvalue weighted by Gasteiger charge is 2.07. The molecule has 2 N–H and O–H groups in total. The third kappa shape index (κ3) is 3.42. The van der Waals surface area contributed by atoms with Crippen LogP contribution >= 0.6 is 11.3 Å². The number of aromatic nitrogens is 1. The molecule has 2 aromatic rings. The Balaban J connectivity index is 1.98. The molecule has 0 aliphatic carbocycles. The van der Waals surface area contributed by atoms with Crippen LogP contribution in [0.5, 0.6) is 5.75 Å². The van der Waals surface area contributed by atoms with Gasteiger partial charge in [0.1, 0.15) is 5.75 Å². The lowest BCUT2D eigenvalue weighted by Gasteiger charge is -2.16. The Morgan fingerprint density at radius 1 is 1.30 bits per heavy atom. The highest BCUT2D eigenvalue weighted by molar-refractivity contribution is 7.15. The third-order valence-electron chi connectivity index (χ3n) is 3.25. The molecule has 0 bridgehead atoms. The van der Waals surface area contributed by atoms with Gasteiger partial charge in [-0.15, -0.1) is 11.3 Å². The molecule has 0 spiro atoms. The summed E-state index contributed by atoms with van der Waals surface area (Å²) < 4.78 is 0. The van der Waals surface area contributed by atoms with Gasteiger partial charge in [0.25, 0.3) is 0 Å². The smallest absolute Gasteiger partial charge is 0.185 e. The average molecular weight is 291 g/mol. The average Bonchev–Trinajstić information content (AvgIpc) is 2.90. The molecule has 5 heteroatoms. The zero-order chi connectivity index (χ0) is 14.5. The zero-order valence-corrected chi connectivity index (χ0v) is 13.0. The Morgan fingerprint density at radius 2 is 2.05 bits per heavy atom. The number of nitrogens with one attached hydrogen (secondary N) is 1. The van der Waals surface area contributed by atoms with Crippen molar-refractivity contribution in [1.82, 2.24) is 4.98 Å². The van der Waals surface area contributed by atoms with Gasteiger partial charge in [0.2, 0.25) is 0 Å². The van der Waals surface area contributed by atoms with E-state index < -0.39 is 0 Å². The van der Waals surface area contributed by atoms with Crippen LogP contribution in [0.4, 0.5) is 10.8 Å². The number of nitrogens with zero attached hydrogens (tertiary/aromatic N) is 2. The summed E-state index contributed by atoms with van der Waals surface area (Å²) >= 11 is 1.71. The maximum atomic E-state index is 9.68. The van der Waals surface area contributed by atoms with Crippen LogP contribution in [0.1, 0.15) is 24.3 Å². The molecule has 0 saturated heterocycles. The molecule has 0 aliphatic rings. The van der Waals surface area contributed by atoms with E-state index in [0.29, 0.717) is 5.75 Å².